The number of fused-ring (bicyclic) bond motifs is 1. The molecule has 1 fully saturated rings. The number of likely N-dealkylation sites (tertiary alicyclic amines) is 1. The molecule has 11 heteroatoms. The lowest BCUT2D eigenvalue weighted by molar-refractivity contribution is 0.130. The molecule has 6 rings (SSSR count). The SMILES string of the molecule is N=C(N)c1ccc2ccc(OC(c3ccc(OC4CCN(C(=N)N)CC4)cc3)P(=O)(OCc3ccccc3)OCc3ccccc3)cc2c1. The van der Waals surface area contributed by atoms with Crippen LogP contribution in [0.15, 0.2) is 121 Å². The lowest BCUT2D eigenvalue weighted by Crippen LogP contribution is -2.44. The van der Waals surface area contributed by atoms with E-state index in [0.29, 0.717) is 35.7 Å². The highest BCUT2D eigenvalue weighted by molar-refractivity contribution is 7.54. The quantitative estimate of drug-likeness (QED) is 0.0565. The number of hydrogen-bond donors (Lipinski definition) is 4. The number of guanidine groups is 1. The van der Waals surface area contributed by atoms with Crippen LogP contribution >= 0.6 is 7.60 Å². The Bertz CT molecular complexity index is 1890. The van der Waals surface area contributed by atoms with Crippen LogP contribution in [0, 0.1) is 10.8 Å². The second kappa shape index (κ2) is 15.4. The summed E-state index contributed by atoms with van der Waals surface area (Å²) in [5.74, 6) is 0.0131. The molecule has 1 aliphatic heterocycles. The van der Waals surface area contributed by atoms with E-state index in [0.717, 1.165) is 34.7 Å². The minimum atomic E-state index is -4.05. The molecule has 1 aliphatic rings. The molecule has 1 unspecified atom stereocenters. The lowest BCUT2D eigenvalue weighted by Gasteiger charge is -2.32. The minimum Gasteiger partial charge on any atom is -0.490 e. The maximum Gasteiger partial charge on any atom is 0.376 e. The van der Waals surface area contributed by atoms with Gasteiger partial charge in [0.25, 0.3) is 0 Å². The summed E-state index contributed by atoms with van der Waals surface area (Å²) < 4.78 is 40.4. The first-order valence-corrected chi connectivity index (χ1v) is 17.7. The van der Waals surface area contributed by atoms with Crippen molar-refractivity contribution >= 4 is 30.2 Å². The Balaban J connectivity index is 1.32. The molecule has 0 radical (unpaired) electrons. The molecule has 0 bridgehead atoms. The van der Waals surface area contributed by atoms with Crippen molar-refractivity contribution in [2.75, 3.05) is 13.1 Å². The van der Waals surface area contributed by atoms with Gasteiger partial charge in [-0.15, -0.1) is 0 Å². The third kappa shape index (κ3) is 8.66. The van der Waals surface area contributed by atoms with Crippen LogP contribution in [0.5, 0.6) is 11.5 Å². The first-order chi connectivity index (χ1) is 23.8. The summed E-state index contributed by atoms with van der Waals surface area (Å²) in [6, 6.07) is 37.4. The van der Waals surface area contributed by atoms with Gasteiger partial charge in [0.15, 0.2) is 5.96 Å². The van der Waals surface area contributed by atoms with Crippen molar-refractivity contribution in [2.24, 2.45) is 11.5 Å². The molecule has 10 nitrogen and oxygen atoms in total. The van der Waals surface area contributed by atoms with E-state index in [-0.39, 0.29) is 31.1 Å². The predicted molar refractivity (Wildman–Crippen MR) is 192 cm³/mol. The van der Waals surface area contributed by atoms with Gasteiger partial charge in [-0.2, -0.15) is 0 Å². The van der Waals surface area contributed by atoms with Gasteiger partial charge in [0.2, 0.25) is 5.85 Å². The van der Waals surface area contributed by atoms with Gasteiger partial charge in [0.05, 0.1) is 13.2 Å². The van der Waals surface area contributed by atoms with Crippen LogP contribution in [0.1, 0.15) is 40.9 Å². The third-order valence-corrected chi connectivity index (χ3v) is 10.4. The number of nitrogens with zero attached hydrogens (tertiary/aromatic N) is 1. The summed E-state index contributed by atoms with van der Waals surface area (Å²) in [4.78, 5) is 1.83. The van der Waals surface area contributed by atoms with Crippen molar-refractivity contribution < 1.29 is 23.1 Å². The van der Waals surface area contributed by atoms with Crippen molar-refractivity contribution in [2.45, 2.75) is 38.0 Å². The molecule has 1 heterocycles. The molecule has 1 saturated heterocycles. The predicted octanol–water partition coefficient (Wildman–Crippen LogP) is 7.56. The fourth-order valence-electron chi connectivity index (χ4n) is 5.68. The molecule has 0 amide bonds. The number of rotatable bonds is 13. The Morgan fingerprint density at radius 1 is 0.735 bits per heavy atom. The van der Waals surface area contributed by atoms with Crippen LogP contribution in [0.25, 0.3) is 10.8 Å². The zero-order valence-corrected chi connectivity index (χ0v) is 27.9. The second-order valence-electron chi connectivity index (χ2n) is 11.9. The largest absolute Gasteiger partial charge is 0.490 e. The number of nitrogens with one attached hydrogen (secondary N) is 2. The summed E-state index contributed by atoms with van der Waals surface area (Å²) in [6.45, 7) is 1.42. The molecule has 1 atom stereocenters. The number of ether oxygens (including phenoxy) is 2. The van der Waals surface area contributed by atoms with E-state index < -0.39 is 13.4 Å². The number of benzene rings is 5. The van der Waals surface area contributed by atoms with Gasteiger partial charge in [-0.25, -0.2) is 0 Å². The van der Waals surface area contributed by atoms with Gasteiger partial charge in [0.1, 0.15) is 23.4 Å². The third-order valence-electron chi connectivity index (χ3n) is 8.42. The molecule has 0 saturated carbocycles. The standard InChI is InChI=1S/C38H40N5O5P/c39-36(40)31-12-11-29-13-18-35(24-32(29)23-31)48-37(30-14-16-33(17-15-30)47-34-19-21-43(22-20-34)38(41)42)49(44,45-25-27-7-3-1-4-8-27)46-26-28-9-5-2-6-10-28/h1-18,23-24,34,37H,19-22,25-26H2,(H3,39,40)(H3,41,42). The summed E-state index contributed by atoms with van der Waals surface area (Å²) in [7, 11) is -4.05. The van der Waals surface area contributed by atoms with Crippen LogP contribution in [-0.4, -0.2) is 35.9 Å². The number of amidine groups is 1. The van der Waals surface area contributed by atoms with Gasteiger partial charge >= 0.3 is 7.60 Å². The lowest BCUT2D eigenvalue weighted by atomic mass is 10.1. The summed E-state index contributed by atoms with van der Waals surface area (Å²) in [6.07, 6.45) is 1.48. The van der Waals surface area contributed by atoms with Gasteiger partial charge in [-0.3, -0.25) is 15.4 Å². The Morgan fingerprint density at radius 2 is 1.31 bits per heavy atom. The molecule has 5 aromatic carbocycles. The monoisotopic (exact) mass is 677 g/mol. The van der Waals surface area contributed by atoms with Gasteiger partial charge in [-0.1, -0.05) is 91.0 Å². The number of hydrogen-bond acceptors (Lipinski definition) is 7. The highest BCUT2D eigenvalue weighted by atomic mass is 31.2. The molecule has 252 valence electrons. The summed E-state index contributed by atoms with van der Waals surface area (Å²) in [5.41, 5.74) is 14.3. The van der Waals surface area contributed by atoms with Crippen LogP contribution in [0.4, 0.5) is 0 Å². The van der Waals surface area contributed by atoms with Crippen LogP contribution in [-0.2, 0) is 26.8 Å². The molecule has 0 aliphatic carbocycles. The van der Waals surface area contributed by atoms with Gasteiger partial charge in [0, 0.05) is 37.1 Å². The molecule has 6 N–H and O–H groups in total. The zero-order valence-electron chi connectivity index (χ0n) is 27.0. The van der Waals surface area contributed by atoms with E-state index in [2.05, 4.69) is 0 Å². The van der Waals surface area contributed by atoms with E-state index in [1.54, 1.807) is 6.07 Å². The number of nitrogen functional groups attached to an aromatic ring is 1. The number of nitrogens with two attached hydrogens (primary N) is 2. The maximum absolute atomic E-state index is 15.1. The first kappa shape index (κ1) is 33.7. The Morgan fingerprint density at radius 3 is 1.88 bits per heavy atom. The van der Waals surface area contributed by atoms with Crippen molar-refractivity contribution in [1.29, 1.82) is 10.8 Å². The number of piperidine rings is 1. The van der Waals surface area contributed by atoms with Crippen LogP contribution in [0.2, 0.25) is 0 Å². The van der Waals surface area contributed by atoms with E-state index in [4.69, 9.17) is 40.8 Å². The molecule has 0 spiro atoms. The van der Waals surface area contributed by atoms with Gasteiger partial charge < -0.3 is 34.9 Å². The van der Waals surface area contributed by atoms with Gasteiger partial charge in [-0.05, 0) is 52.2 Å². The Hall–Kier alpha value is -5.15. The molecular formula is C38H40N5O5P. The van der Waals surface area contributed by atoms with Crippen LogP contribution < -0.4 is 20.9 Å². The van der Waals surface area contributed by atoms with Crippen molar-refractivity contribution in [1.82, 2.24) is 4.90 Å². The minimum absolute atomic E-state index is 0.0134. The molecular weight excluding hydrogens is 637 g/mol. The van der Waals surface area contributed by atoms with E-state index in [9.17, 15) is 0 Å². The summed E-state index contributed by atoms with van der Waals surface area (Å²) in [5, 5.41) is 17.3. The van der Waals surface area contributed by atoms with E-state index >= 15 is 4.57 Å². The van der Waals surface area contributed by atoms with Crippen molar-refractivity contribution in [3.63, 3.8) is 0 Å². The average molecular weight is 678 g/mol. The van der Waals surface area contributed by atoms with E-state index in [1.165, 1.54) is 0 Å². The highest BCUT2D eigenvalue weighted by Gasteiger charge is 2.40. The average Bonchev–Trinajstić information content (AvgIpc) is 3.13. The molecule has 0 aromatic heterocycles. The smallest absolute Gasteiger partial charge is 0.376 e. The van der Waals surface area contributed by atoms with Crippen molar-refractivity contribution in [3.05, 3.63) is 144 Å². The fourth-order valence-corrected chi connectivity index (χ4v) is 7.47. The molecule has 5 aromatic rings. The normalized spacial score (nSPS) is 14.3. The Labute approximate surface area is 286 Å². The second-order valence-corrected chi connectivity index (χ2v) is 14.0. The van der Waals surface area contributed by atoms with Crippen LogP contribution in [0.3, 0.4) is 0 Å². The summed E-state index contributed by atoms with van der Waals surface area (Å²) >= 11 is 0. The first-order valence-electron chi connectivity index (χ1n) is 16.1. The topological polar surface area (TPSA) is 157 Å². The van der Waals surface area contributed by atoms with Crippen molar-refractivity contribution in [3.8, 4) is 11.5 Å². The van der Waals surface area contributed by atoms with E-state index in [1.807, 2.05) is 120 Å². The highest BCUT2D eigenvalue weighted by Crippen LogP contribution is 2.62. The fraction of sp³-hybridized carbons (Fsp3) is 0.211. The maximum atomic E-state index is 15.1. The molecule has 49 heavy (non-hydrogen) atoms. The zero-order chi connectivity index (χ0) is 34.2. The Kier molecular flexibility index (Phi) is 10.6.